The van der Waals surface area contributed by atoms with Crippen molar-refractivity contribution in [3.05, 3.63) is 110 Å². The van der Waals surface area contributed by atoms with Crippen LogP contribution in [0.3, 0.4) is 0 Å². The van der Waals surface area contributed by atoms with Gasteiger partial charge in [0.1, 0.15) is 39.4 Å². The predicted octanol–water partition coefficient (Wildman–Crippen LogP) is 6.95. The number of nitrogens with zero attached hydrogens (tertiary/aromatic N) is 7. The van der Waals surface area contributed by atoms with Crippen molar-refractivity contribution in [1.29, 1.82) is 0 Å². The van der Waals surface area contributed by atoms with Gasteiger partial charge < -0.3 is 25.0 Å². The molecule has 0 bridgehead atoms. The maximum absolute atomic E-state index is 11.8. The van der Waals surface area contributed by atoms with Crippen LogP contribution in [0.4, 0.5) is 28.7 Å². The van der Waals surface area contributed by atoms with Gasteiger partial charge in [-0.3, -0.25) is 9.11 Å². The summed E-state index contributed by atoms with van der Waals surface area (Å²) >= 11 is 25.3. The van der Waals surface area contributed by atoms with Crippen molar-refractivity contribution < 1.29 is 70.9 Å². The van der Waals surface area contributed by atoms with Gasteiger partial charge in [0.25, 0.3) is 20.2 Å². The van der Waals surface area contributed by atoms with Crippen LogP contribution in [0.5, 0.6) is 11.5 Å². The van der Waals surface area contributed by atoms with E-state index in [1.165, 1.54) is 24.3 Å². The first-order chi connectivity index (χ1) is 32.9. The molecule has 0 aliphatic rings. The van der Waals surface area contributed by atoms with E-state index in [-0.39, 0.29) is 75.7 Å². The highest BCUT2D eigenvalue weighted by Crippen LogP contribution is 2.38. The molecule has 0 aliphatic carbocycles. The maximum Gasteiger partial charge on any atom is 0.425 e. The monoisotopic (exact) mass is 1130 g/mol. The molecule has 5 rings (SSSR count). The average molecular weight is 1130 g/mol. The van der Waals surface area contributed by atoms with E-state index in [2.05, 4.69) is 35.7 Å². The first-order valence-electron chi connectivity index (χ1n) is 19.4. The van der Waals surface area contributed by atoms with Gasteiger partial charge in [0.2, 0.25) is 5.95 Å². The van der Waals surface area contributed by atoms with Crippen molar-refractivity contribution in [3.63, 3.8) is 0 Å². The second-order valence-electron chi connectivity index (χ2n) is 13.6. The third kappa shape index (κ3) is 21.3. The molecule has 0 aliphatic heterocycles. The van der Waals surface area contributed by atoms with Crippen molar-refractivity contribution in [2.75, 3.05) is 37.5 Å². The molecule has 5 aromatic rings. The zero-order valence-electron chi connectivity index (χ0n) is 35.8. The van der Waals surface area contributed by atoms with Crippen LogP contribution in [0.2, 0.25) is 20.1 Å². The highest BCUT2D eigenvalue weighted by molar-refractivity contribution is 7.86. The highest BCUT2D eigenvalue weighted by Gasteiger charge is 2.20. The molecule has 0 saturated carbocycles. The van der Waals surface area contributed by atoms with Crippen LogP contribution in [0.25, 0.3) is 0 Å². The summed E-state index contributed by atoms with van der Waals surface area (Å²) in [6, 6.07) is 15.7. The fraction of sp³-hybridized carbons (Fsp3) is 0.289. The van der Waals surface area contributed by atoms with Gasteiger partial charge in [0.15, 0.2) is 0 Å². The standard InChI is InChI=1S/C38H38Cl4N8O10S2.2O3S/c1-2-10-59-33-18-31(49-47-25-6-4-24(39)5-7-25)29(41)13-22(33)15-36-44-37(46-38(45-36)43-27(20-51)21-52)16-23-14-30(42)32(19-34(23)60-11-3-12-61(53,54)55)50-48-26-8-9-28(40)35(17-26)62(56,57)58;2*1-4(2)3/h4-9,13-14,17-19,27,51-52H,2-3,10-12,15-16,20-21H2,1H3,(H,53,54,55)(H,56,57,58)(H,43,44,45,46);;. The molecule has 0 saturated heterocycles. The molecular formula is C38H38Cl4N8O16S4. The third-order valence-corrected chi connectivity index (χ3v) is 11.3. The number of nitrogens with one attached hydrogen (secondary N) is 1. The fourth-order valence-electron chi connectivity index (χ4n) is 5.35. The number of ether oxygens (including phenoxy) is 2. The predicted molar refractivity (Wildman–Crippen MR) is 253 cm³/mol. The number of benzene rings is 4. The molecule has 0 spiro atoms. The Morgan fingerprint density at radius 1 is 0.643 bits per heavy atom. The molecule has 32 heteroatoms. The molecule has 0 atom stereocenters. The van der Waals surface area contributed by atoms with Gasteiger partial charge in [-0.15, -0.1) is 35.5 Å². The van der Waals surface area contributed by atoms with E-state index < -0.39 is 71.4 Å². The summed E-state index contributed by atoms with van der Waals surface area (Å²) < 4.78 is 128. The number of azo groups is 2. The van der Waals surface area contributed by atoms with Crippen LogP contribution >= 0.6 is 46.4 Å². The summed E-state index contributed by atoms with van der Waals surface area (Å²) in [5, 5.41) is 39.9. The summed E-state index contributed by atoms with van der Waals surface area (Å²) in [5.74, 6) is 0.380. The van der Waals surface area contributed by atoms with E-state index in [0.29, 0.717) is 46.3 Å². The average Bonchev–Trinajstić information content (AvgIpc) is 3.26. The van der Waals surface area contributed by atoms with Crippen LogP contribution < -0.4 is 14.8 Å². The van der Waals surface area contributed by atoms with Gasteiger partial charge in [-0.1, -0.05) is 53.3 Å². The van der Waals surface area contributed by atoms with Gasteiger partial charge in [0, 0.05) is 41.1 Å². The van der Waals surface area contributed by atoms with E-state index in [9.17, 15) is 36.2 Å². The first kappa shape index (κ1) is 58.9. The third-order valence-electron chi connectivity index (χ3n) is 8.29. The molecule has 378 valence electrons. The van der Waals surface area contributed by atoms with Crippen LogP contribution in [0.1, 0.15) is 42.5 Å². The minimum absolute atomic E-state index is 0.00103. The van der Waals surface area contributed by atoms with Gasteiger partial charge >= 0.3 is 21.2 Å². The van der Waals surface area contributed by atoms with Crippen molar-refractivity contribution in [2.24, 2.45) is 20.5 Å². The van der Waals surface area contributed by atoms with E-state index in [1.54, 1.807) is 36.4 Å². The number of hydrogen-bond acceptors (Lipinski definition) is 22. The Balaban J connectivity index is 0.00000150. The summed E-state index contributed by atoms with van der Waals surface area (Å²) in [6.07, 6.45) is 0.581. The number of aromatic nitrogens is 3. The second kappa shape index (κ2) is 28.5. The minimum atomic E-state index is -4.68. The fourth-order valence-corrected chi connectivity index (χ4v) is 7.40. The summed E-state index contributed by atoms with van der Waals surface area (Å²) in [6.45, 7) is 1.22. The zero-order valence-corrected chi connectivity index (χ0v) is 42.0. The molecule has 1 aromatic heterocycles. The molecule has 0 unspecified atom stereocenters. The zero-order chi connectivity index (χ0) is 52.2. The quantitative estimate of drug-likeness (QED) is 0.0282. The van der Waals surface area contributed by atoms with Gasteiger partial charge in [-0.2, -0.15) is 37.0 Å². The van der Waals surface area contributed by atoms with Crippen molar-refractivity contribution in [2.45, 2.75) is 43.5 Å². The molecular weight excluding hydrogens is 1090 g/mol. The van der Waals surface area contributed by atoms with E-state index in [0.717, 1.165) is 6.07 Å². The SMILES string of the molecule is CCCOc1cc(N=Nc2ccc(Cl)cc2)c(Cl)cc1Cc1nc(Cc2cc(Cl)c(N=Nc3ccc(Cl)c(S(=O)(=O)O)c3)cc2OCCCS(=O)(=O)O)nc(NC(CO)CO)n1.O=S(=O)=O.O=S(=O)=O. The lowest BCUT2D eigenvalue weighted by atomic mass is 10.1. The number of anilines is 1. The Morgan fingerprint density at radius 2 is 1.11 bits per heavy atom. The van der Waals surface area contributed by atoms with E-state index >= 15 is 0 Å². The molecule has 0 fully saturated rings. The number of aliphatic hydroxyl groups is 2. The number of hydrogen-bond donors (Lipinski definition) is 5. The normalized spacial score (nSPS) is 11.5. The van der Waals surface area contributed by atoms with Gasteiger partial charge in [-0.25, -0.2) is 4.98 Å². The number of aliphatic hydroxyl groups excluding tert-OH is 2. The first-order valence-corrected chi connectivity index (χ1v) is 25.9. The lowest BCUT2D eigenvalue weighted by Gasteiger charge is -2.17. The summed E-state index contributed by atoms with van der Waals surface area (Å²) in [5.41, 5.74) is 1.90. The largest absolute Gasteiger partial charge is 0.493 e. The summed E-state index contributed by atoms with van der Waals surface area (Å²) in [7, 11) is -15.2. The minimum Gasteiger partial charge on any atom is -0.493 e. The number of rotatable bonds is 21. The van der Waals surface area contributed by atoms with Crippen LogP contribution in [-0.2, 0) is 54.3 Å². The lowest BCUT2D eigenvalue weighted by Crippen LogP contribution is -2.29. The molecule has 5 N–H and O–H groups in total. The van der Waals surface area contributed by atoms with Crippen molar-refractivity contribution in [3.8, 4) is 11.5 Å². The Labute approximate surface area is 422 Å². The lowest BCUT2D eigenvalue weighted by molar-refractivity contribution is 0.203. The van der Waals surface area contributed by atoms with Gasteiger partial charge in [0.05, 0.1) is 64.7 Å². The highest BCUT2D eigenvalue weighted by atomic mass is 35.5. The van der Waals surface area contributed by atoms with Gasteiger partial charge in [-0.05, 0) is 67.4 Å². The maximum atomic E-state index is 11.8. The van der Waals surface area contributed by atoms with Crippen molar-refractivity contribution >= 4 is 117 Å². The Kier molecular flexibility index (Phi) is 24.0. The Hall–Kier alpha value is -5.37. The van der Waals surface area contributed by atoms with Crippen LogP contribution in [-0.4, -0.2) is 115 Å². The van der Waals surface area contributed by atoms with Crippen LogP contribution in [0.15, 0.2) is 92.1 Å². The van der Waals surface area contributed by atoms with Crippen molar-refractivity contribution in [1.82, 2.24) is 15.0 Å². The smallest absolute Gasteiger partial charge is 0.425 e. The molecule has 70 heavy (non-hydrogen) atoms. The number of halogens is 4. The molecule has 0 radical (unpaired) electrons. The molecule has 24 nitrogen and oxygen atoms in total. The van der Waals surface area contributed by atoms with Crippen LogP contribution in [0, 0.1) is 0 Å². The molecule has 0 amide bonds. The topological polar surface area (TPSA) is 370 Å². The molecule has 1 heterocycles. The molecule has 4 aromatic carbocycles. The Bertz CT molecular complexity index is 3100. The van der Waals surface area contributed by atoms with E-state index in [1.807, 2.05) is 6.92 Å². The second-order valence-corrected chi connectivity index (χ2v) is 19.0. The summed E-state index contributed by atoms with van der Waals surface area (Å²) in [4.78, 5) is 13.2. The Morgan fingerprint density at radius 3 is 1.57 bits per heavy atom. The van der Waals surface area contributed by atoms with E-state index in [4.69, 9.17) is 86.1 Å².